The number of allylic oxidation sites excluding steroid dienone is 3. The summed E-state index contributed by atoms with van der Waals surface area (Å²) in [5.41, 5.74) is -1.48. The number of anilines is 1. The van der Waals surface area contributed by atoms with Crippen molar-refractivity contribution in [3.8, 4) is 5.75 Å². The van der Waals surface area contributed by atoms with Gasteiger partial charge in [0.25, 0.3) is 0 Å². The van der Waals surface area contributed by atoms with Gasteiger partial charge in [-0.1, -0.05) is 56.2 Å². The number of likely N-dealkylation sites (N-methyl/N-ethyl adjacent to an activating group) is 1. The Kier molecular flexibility index (Phi) is 14.6. The number of carbonyl (C=O) groups is 6. The van der Waals surface area contributed by atoms with Gasteiger partial charge in [0.2, 0.25) is 11.8 Å². The van der Waals surface area contributed by atoms with E-state index in [1.807, 2.05) is 26.8 Å². The van der Waals surface area contributed by atoms with Crippen LogP contribution in [0, 0.1) is 11.3 Å². The monoisotopic (exact) mass is 875 g/mol. The van der Waals surface area contributed by atoms with Crippen LogP contribution in [0.2, 0.25) is 5.02 Å². The summed E-state index contributed by atoms with van der Waals surface area (Å²) in [4.78, 5) is 82.4. The molecular weight excluding hydrogens is 818 g/mol. The van der Waals surface area contributed by atoms with E-state index in [1.54, 1.807) is 45.2 Å². The molecule has 17 heteroatoms. The zero-order valence-electron chi connectivity index (χ0n) is 36.0. The van der Waals surface area contributed by atoms with Crippen molar-refractivity contribution in [2.24, 2.45) is 11.3 Å². The Morgan fingerprint density at radius 2 is 1.80 bits per heavy atom. The molecule has 1 aliphatic carbocycles. The Labute approximate surface area is 360 Å². The van der Waals surface area contributed by atoms with Crippen LogP contribution in [0.4, 0.5) is 10.5 Å². The number of Topliss-reactive ketones (excluding diaryl/α,β-unsaturated/α-hetero) is 2. The Balaban J connectivity index is 1.41. The third-order valence-electron chi connectivity index (χ3n) is 12.0. The van der Waals surface area contributed by atoms with Gasteiger partial charge in [0.15, 0.2) is 17.3 Å². The minimum absolute atomic E-state index is 0.0357. The fraction of sp³-hybridized carbons (Fsp3) is 0.628. The first-order chi connectivity index (χ1) is 28.0. The Hall–Kier alpha value is -3.96. The molecule has 2 saturated heterocycles. The van der Waals surface area contributed by atoms with Crippen LogP contribution in [-0.2, 0) is 49.3 Å². The number of ether oxygens (including phenoxy) is 5. The largest absolute Gasteiger partial charge is 0.495 e. The predicted octanol–water partition coefficient (Wildman–Crippen LogP) is 4.96. The molecule has 4 bridgehead atoms. The summed E-state index contributed by atoms with van der Waals surface area (Å²) in [6, 6.07) is 2.45. The minimum atomic E-state index is -1.86. The number of amides is 3. The third-order valence-corrected chi connectivity index (χ3v) is 13.7. The van der Waals surface area contributed by atoms with Gasteiger partial charge in [-0.25, -0.2) is 9.59 Å². The average Bonchev–Trinajstić information content (AvgIpc) is 3.87. The number of benzene rings is 1. The summed E-state index contributed by atoms with van der Waals surface area (Å²) in [6.07, 6.45) is 1.11. The smallest absolute Gasteiger partial charge is 0.409 e. The number of hydrogen-bond acceptors (Lipinski definition) is 13. The second kappa shape index (κ2) is 18.6. The zero-order chi connectivity index (χ0) is 44.5. The van der Waals surface area contributed by atoms with Gasteiger partial charge in [-0.15, -0.1) is 11.8 Å². The van der Waals surface area contributed by atoms with E-state index < -0.39 is 76.8 Å². The van der Waals surface area contributed by atoms with Gasteiger partial charge in [0, 0.05) is 58.6 Å². The lowest BCUT2D eigenvalue weighted by Gasteiger charge is -2.42. The maximum atomic E-state index is 14.2. The molecule has 60 heavy (non-hydrogen) atoms. The number of alkyl carbamates (subject to hydrolysis) is 1. The van der Waals surface area contributed by atoms with Crippen molar-refractivity contribution in [1.29, 1.82) is 0 Å². The molecule has 7 unspecified atom stereocenters. The molecule has 4 aliphatic rings. The number of nitrogens with one attached hydrogen (secondary N) is 1. The van der Waals surface area contributed by atoms with Crippen LogP contribution in [0.5, 0.6) is 5.75 Å². The van der Waals surface area contributed by atoms with E-state index in [4.69, 9.17) is 35.3 Å². The van der Waals surface area contributed by atoms with Crippen molar-refractivity contribution in [3.05, 3.63) is 46.5 Å². The topological polar surface area (TPSA) is 191 Å². The van der Waals surface area contributed by atoms with Crippen molar-refractivity contribution >= 4 is 64.5 Å². The number of ketones is 2. The number of aliphatic hydroxyl groups is 1. The average molecular weight is 876 g/mol. The van der Waals surface area contributed by atoms with Gasteiger partial charge in [0.1, 0.15) is 46.0 Å². The normalized spacial score (nSPS) is 31.8. The molecule has 0 aromatic heterocycles. The molecule has 1 saturated carbocycles. The first kappa shape index (κ1) is 47.1. The van der Waals surface area contributed by atoms with Crippen LogP contribution in [0.1, 0.15) is 79.2 Å². The Morgan fingerprint density at radius 3 is 2.43 bits per heavy atom. The number of halogens is 1. The molecule has 330 valence electrons. The summed E-state index contributed by atoms with van der Waals surface area (Å²) >= 11 is 7.92. The Morgan fingerprint density at radius 1 is 1.13 bits per heavy atom. The molecule has 3 amide bonds. The summed E-state index contributed by atoms with van der Waals surface area (Å²) in [6.45, 7) is 10.6. The van der Waals surface area contributed by atoms with E-state index in [0.717, 1.165) is 22.9 Å². The lowest BCUT2D eigenvalue weighted by atomic mass is 9.76. The Bertz CT molecular complexity index is 1920. The molecule has 2 N–H and O–H groups in total. The molecule has 15 nitrogen and oxygen atoms in total. The van der Waals surface area contributed by atoms with E-state index >= 15 is 0 Å². The number of epoxide rings is 1. The highest BCUT2D eigenvalue weighted by Crippen LogP contribution is 2.49. The van der Waals surface area contributed by atoms with Gasteiger partial charge in [-0.05, 0) is 50.3 Å². The number of thioether (sulfide) groups is 1. The molecule has 3 fully saturated rings. The summed E-state index contributed by atoms with van der Waals surface area (Å²) < 4.78 is 29.3. The van der Waals surface area contributed by atoms with Crippen LogP contribution in [0.15, 0.2) is 35.9 Å². The van der Waals surface area contributed by atoms with E-state index in [2.05, 4.69) is 5.32 Å². The number of carbonyl (C=O) groups excluding carboxylic acids is 6. The number of fused-ring (bicyclic) bond motifs is 5. The van der Waals surface area contributed by atoms with E-state index in [1.165, 1.54) is 38.0 Å². The molecular formula is C43H58ClN3O12S. The molecule has 3 aliphatic heterocycles. The van der Waals surface area contributed by atoms with E-state index in [9.17, 15) is 33.9 Å². The van der Waals surface area contributed by atoms with Crippen molar-refractivity contribution in [1.82, 2.24) is 10.2 Å². The van der Waals surface area contributed by atoms with Crippen LogP contribution in [0.25, 0.3) is 0 Å². The lowest BCUT2D eigenvalue weighted by molar-refractivity contribution is -0.162. The minimum Gasteiger partial charge on any atom is -0.495 e. The number of hydrogen-bond donors (Lipinski definition) is 2. The number of methoxy groups -OCH3 is 2. The summed E-state index contributed by atoms with van der Waals surface area (Å²) in [7, 11) is 5.90. The van der Waals surface area contributed by atoms with E-state index in [0.29, 0.717) is 17.9 Å². The molecule has 5 rings (SSSR count). The second-order valence-electron chi connectivity index (χ2n) is 17.4. The molecule has 0 radical (unpaired) electrons. The third kappa shape index (κ3) is 10.4. The quantitative estimate of drug-likeness (QED) is 0.193. The highest BCUT2D eigenvalue weighted by Gasteiger charge is 2.64. The summed E-state index contributed by atoms with van der Waals surface area (Å²) in [5.74, 6) is -2.01. The molecule has 3 heterocycles. The van der Waals surface area contributed by atoms with Crippen LogP contribution < -0.4 is 15.0 Å². The maximum Gasteiger partial charge on any atom is 0.409 e. The standard InChI is InChI=1S/C43H58ClN3O12S/c1-23-12-11-13-32(56-10)43(54)22-31(57-40(53)45-43)24(2)38-42(6,59-38)33(19-35(51)47(8)27-17-26(16-23)18-30(55-9)36(27)44)58-39(52)25(3)46(7)34(50)14-15-60-37-28(48)20-41(4,5)21-29(37)49/h11-13,17-18,24-25,31-33,37-38,54H,14-16,19-22H2,1-10H3,(H,45,53)/b13-11+,23-12+/t24?,25-,31?,32?,33?,38?,42?,43?/m0/s1. The first-order valence-electron chi connectivity index (χ1n) is 20.1. The van der Waals surface area contributed by atoms with E-state index in [-0.39, 0.29) is 59.9 Å². The van der Waals surface area contributed by atoms with Gasteiger partial charge in [-0.3, -0.25) is 24.5 Å². The van der Waals surface area contributed by atoms with Crippen molar-refractivity contribution in [3.63, 3.8) is 0 Å². The zero-order valence-corrected chi connectivity index (χ0v) is 37.6. The fourth-order valence-corrected chi connectivity index (χ4v) is 9.59. The van der Waals surface area contributed by atoms with Gasteiger partial charge < -0.3 is 38.6 Å². The van der Waals surface area contributed by atoms with Crippen molar-refractivity contribution < 1.29 is 57.6 Å². The number of nitrogens with zero attached hydrogens (tertiary/aromatic N) is 2. The summed E-state index contributed by atoms with van der Waals surface area (Å²) in [5, 5.41) is 13.7. The number of esters is 1. The SMILES string of the molecule is COc1cc2cc(c1Cl)N(C)C(=O)CC(OC(=O)[C@H](C)N(C)C(=O)CCSC1C(=O)CC(C)(C)CC1=O)C1(C)OC1C(C)C1CC(O)(NC(=O)O1)C(OC)/C=C/C=C(\C)C2. The highest BCUT2D eigenvalue weighted by molar-refractivity contribution is 8.01. The van der Waals surface area contributed by atoms with Gasteiger partial charge in [-0.2, -0.15) is 0 Å². The van der Waals surface area contributed by atoms with Crippen molar-refractivity contribution in [2.75, 3.05) is 39.0 Å². The first-order valence-corrected chi connectivity index (χ1v) is 21.5. The highest BCUT2D eigenvalue weighted by atomic mass is 35.5. The second-order valence-corrected chi connectivity index (χ2v) is 18.9. The fourth-order valence-electron chi connectivity index (χ4n) is 8.22. The molecule has 0 spiro atoms. The van der Waals surface area contributed by atoms with Gasteiger partial charge in [0.05, 0.1) is 25.3 Å². The molecule has 1 aromatic rings. The molecule has 8 atom stereocenters. The van der Waals surface area contributed by atoms with Crippen molar-refractivity contribution in [2.45, 2.75) is 127 Å². The predicted molar refractivity (Wildman–Crippen MR) is 225 cm³/mol. The van der Waals surface area contributed by atoms with Crippen LogP contribution in [-0.4, -0.2) is 127 Å². The van der Waals surface area contributed by atoms with Gasteiger partial charge >= 0.3 is 12.1 Å². The maximum absolute atomic E-state index is 14.2. The number of rotatable bonds is 9. The van der Waals surface area contributed by atoms with Crippen LogP contribution in [0.3, 0.4) is 0 Å². The molecule has 1 aromatic carbocycles. The lowest BCUT2D eigenvalue weighted by Crippen LogP contribution is -2.63. The van der Waals surface area contributed by atoms with Crippen LogP contribution >= 0.6 is 23.4 Å².